The van der Waals surface area contributed by atoms with Crippen LogP contribution in [0.1, 0.15) is 16.5 Å². The van der Waals surface area contributed by atoms with E-state index in [1.165, 1.54) is 22.7 Å². The van der Waals surface area contributed by atoms with E-state index >= 15 is 0 Å². The predicted octanol–water partition coefficient (Wildman–Crippen LogP) is 6.28. The molecule has 3 aromatic carbocycles. The van der Waals surface area contributed by atoms with E-state index in [0.29, 0.717) is 28.5 Å². The molecule has 0 spiro atoms. The van der Waals surface area contributed by atoms with Gasteiger partial charge < -0.3 is 9.47 Å². The maximum atomic E-state index is 13.1. The van der Waals surface area contributed by atoms with Crippen LogP contribution in [-0.2, 0) is 11.0 Å². The summed E-state index contributed by atoms with van der Waals surface area (Å²) < 4.78 is 50.2. The van der Waals surface area contributed by atoms with Gasteiger partial charge >= 0.3 is 6.18 Å². The Morgan fingerprint density at radius 3 is 2.16 bits per heavy atom. The Balaban J connectivity index is 1.55. The van der Waals surface area contributed by atoms with Crippen LogP contribution in [0.4, 0.5) is 18.9 Å². The SMILES string of the molecule is COc1ccc(Oc2ccc(N3C(=O)CSC3c3cccc(C(F)(F)F)c3)cc2)cc1. The van der Waals surface area contributed by atoms with E-state index in [-0.39, 0.29) is 11.7 Å². The lowest BCUT2D eigenvalue weighted by atomic mass is 10.1. The number of anilines is 1. The molecule has 1 heterocycles. The molecule has 3 aromatic rings. The molecule has 31 heavy (non-hydrogen) atoms. The number of carbonyl (C=O) groups is 1. The zero-order valence-electron chi connectivity index (χ0n) is 16.4. The Bertz CT molecular complexity index is 1070. The highest BCUT2D eigenvalue weighted by Crippen LogP contribution is 2.43. The van der Waals surface area contributed by atoms with Crippen LogP contribution in [0.15, 0.2) is 72.8 Å². The molecule has 1 amide bonds. The van der Waals surface area contributed by atoms with Gasteiger partial charge in [0.15, 0.2) is 0 Å². The third-order valence-electron chi connectivity index (χ3n) is 4.78. The zero-order chi connectivity index (χ0) is 22.0. The molecule has 8 heteroatoms. The minimum absolute atomic E-state index is 0.156. The summed E-state index contributed by atoms with van der Waals surface area (Å²) in [6.07, 6.45) is -4.44. The fraction of sp³-hybridized carbons (Fsp3) is 0.174. The van der Waals surface area contributed by atoms with Crippen LogP contribution in [0, 0.1) is 0 Å². The number of hydrogen-bond acceptors (Lipinski definition) is 4. The summed E-state index contributed by atoms with van der Waals surface area (Å²) in [5.74, 6) is 1.96. The summed E-state index contributed by atoms with van der Waals surface area (Å²) in [5.41, 5.74) is 0.303. The topological polar surface area (TPSA) is 38.8 Å². The first-order valence-corrected chi connectivity index (χ1v) is 10.4. The Hall–Kier alpha value is -3.13. The maximum absolute atomic E-state index is 13.1. The van der Waals surface area contributed by atoms with Crippen LogP contribution < -0.4 is 14.4 Å². The number of methoxy groups -OCH3 is 1. The molecule has 4 rings (SSSR count). The van der Waals surface area contributed by atoms with Gasteiger partial charge in [-0.25, -0.2) is 0 Å². The first-order chi connectivity index (χ1) is 14.8. The number of rotatable bonds is 5. The minimum Gasteiger partial charge on any atom is -0.497 e. The highest BCUT2D eigenvalue weighted by Gasteiger charge is 2.36. The summed E-state index contributed by atoms with van der Waals surface area (Å²) >= 11 is 1.30. The number of alkyl halides is 3. The average Bonchev–Trinajstić information content (AvgIpc) is 3.16. The van der Waals surface area contributed by atoms with Gasteiger partial charge in [0.1, 0.15) is 22.6 Å². The molecule has 0 aliphatic carbocycles. The Labute approximate surface area is 181 Å². The smallest absolute Gasteiger partial charge is 0.416 e. The van der Waals surface area contributed by atoms with E-state index in [1.54, 1.807) is 61.7 Å². The highest BCUT2D eigenvalue weighted by atomic mass is 32.2. The van der Waals surface area contributed by atoms with Gasteiger partial charge in [-0.2, -0.15) is 13.2 Å². The van der Waals surface area contributed by atoms with Gasteiger partial charge in [0.2, 0.25) is 5.91 Å². The van der Waals surface area contributed by atoms with Crippen molar-refractivity contribution in [3.05, 3.63) is 83.9 Å². The van der Waals surface area contributed by atoms with E-state index in [0.717, 1.165) is 12.1 Å². The standard InChI is InChI=1S/C23H18F3NO3S/c1-29-18-9-11-20(12-10-18)30-19-7-5-17(6-8-19)27-21(28)14-31-22(27)15-3-2-4-16(13-15)23(24,25)26/h2-13,22H,14H2,1H3. The molecule has 1 aliphatic rings. The fourth-order valence-electron chi connectivity index (χ4n) is 3.27. The van der Waals surface area contributed by atoms with Gasteiger partial charge in [-0.15, -0.1) is 11.8 Å². The van der Waals surface area contributed by atoms with Crippen molar-refractivity contribution in [2.45, 2.75) is 11.6 Å². The molecular formula is C23H18F3NO3S. The fourth-order valence-corrected chi connectivity index (χ4v) is 4.44. The number of ether oxygens (including phenoxy) is 2. The molecule has 1 saturated heterocycles. The number of benzene rings is 3. The summed E-state index contributed by atoms with van der Waals surface area (Å²) in [6.45, 7) is 0. The number of amides is 1. The largest absolute Gasteiger partial charge is 0.497 e. The molecule has 1 unspecified atom stereocenters. The summed E-state index contributed by atoms with van der Waals surface area (Å²) in [4.78, 5) is 14.0. The first kappa shape index (κ1) is 21.1. The maximum Gasteiger partial charge on any atom is 0.416 e. The van der Waals surface area contributed by atoms with Crippen molar-refractivity contribution in [1.29, 1.82) is 0 Å². The van der Waals surface area contributed by atoms with Crippen molar-refractivity contribution in [2.24, 2.45) is 0 Å². The highest BCUT2D eigenvalue weighted by molar-refractivity contribution is 8.00. The van der Waals surface area contributed by atoms with E-state index in [9.17, 15) is 18.0 Å². The second-order valence-corrected chi connectivity index (χ2v) is 7.89. The van der Waals surface area contributed by atoms with Crippen LogP contribution in [0.25, 0.3) is 0 Å². The third kappa shape index (κ3) is 4.64. The zero-order valence-corrected chi connectivity index (χ0v) is 17.2. The van der Waals surface area contributed by atoms with Crippen molar-refractivity contribution in [2.75, 3.05) is 17.8 Å². The molecule has 4 nitrogen and oxygen atoms in total. The molecule has 1 atom stereocenters. The van der Waals surface area contributed by atoms with Crippen LogP contribution in [0.2, 0.25) is 0 Å². The van der Waals surface area contributed by atoms with Crippen molar-refractivity contribution in [1.82, 2.24) is 0 Å². The van der Waals surface area contributed by atoms with Crippen molar-refractivity contribution < 1.29 is 27.4 Å². The lowest BCUT2D eigenvalue weighted by Gasteiger charge is -2.25. The lowest BCUT2D eigenvalue weighted by Crippen LogP contribution is -2.27. The normalized spacial score (nSPS) is 16.5. The second-order valence-electron chi connectivity index (χ2n) is 6.82. The molecule has 160 valence electrons. The van der Waals surface area contributed by atoms with Crippen molar-refractivity contribution in [3.8, 4) is 17.2 Å². The summed E-state index contributed by atoms with van der Waals surface area (Å²) in [7, 11) is 1.58. The Morgan fingerprint density at radius 2 is 1.55 bits per heavy atom. The number of nitrogens with zero attached hydrogens (tertiary/aromatic N) is 1. The molecule has 0 bridgehead atoms. The molecule has 0 radical (unpaired) electrons. The summed E-state index contributed by atoms with van der Waals surface area (Å²) in [6, 6.07) is 19.1. The van der Waals surface area contributed by atoms with E-state index in [1.807, 2.05) is 0 Å². The van der Waals surface area contributed by atoms with E-state index in [2.05, 4.69) is 0 Å². The van der Waals surface area contributed by atoms with Crippen LogP contribution in [-0.4, -0.2) is 18.8 Å². The van der Waals surface area contributed by atoms with Gasteiger partial charge in [0, 0.05) is 5.69 Å². The average molecular weight is 445 g/mol. The van der Waals surface area contributed by atoms with Crippen LogP contribution >= 0.6 is 11.8 Å². The summed E-state index contributed by atoms with van der Waals surface area (Å²) in [5, 5.41) is -0.525. The van der Waals surface area contributed by atoms with Crippen molar-refractivity contribution >= 4 is 23.4 Å². The van der Waals surface area contributed by atoms with Gasteiger partial charge in [0.05, 0.1) is 18.4 Å². The van der Waals surface area contributed by atoms with Crippen LogP contribution in [0.5, 0.6) is 17.2 Å². The predicted molar refractivity (Wildman–Crippen MR) is 114 cm³/mol. The van der Waals surface area contributed by atoms with Gasteiger partial charge in [-0.3, -0.25) is 9.69 Å². The molecule has 0 N–H and O–H groups in total. The number of thioether (sulfide) groups is 1. The van der Waals surface area contributed by atoms with Gasteiger partial charge in [0.25, 0.3) is 0 Å². The number of halogens is 3. The molecule has 0 saturated carbocycles. The Morgan fingerprint density at radius 1 is 0.935 bits per heavy atom. The first-order valence-electron chi connectivity index (χ1n) is 9.38. The lowest BCUT2D eigenvalue weighted by molar-refractivity contribution is -0.137. The Kier molecular flexibility index (Phi) is 5.82. The molecular weight excluding hydrogens is 427 g/mol. The van der Waals surface area contributed by atoms with Gasteiger partial charge in [-0.1, -0.05) is 12.1 Å². The number of hydrogen-bond donors (Lipinski definition) is 0. The van der Waals surface area contributed by atoms with E-state index < -0.39 is 17.1 Å². The monoisotopic (exact) mass is 445 g/mol. The number of carbonyl (C=O) groups excluding carboxylic acids is 1. The van der Waals surface area contributed by atoms with Gasteiger partial charge in [-0.05, 0) is 66.2 Å². The molecule has 1 aliphatic heterocycles. The second kappa shape index (κ2) is 8.55. The van der Waals surface area contributed by atoms with Crippen LogP contribution in [0.3, 0.4) is 0 Å². The van der Waals surface area contributed by atoms with Crippen molar-refractivity contribution in [3.63, 3.8) is 0 Å². The molecule has 1 fully saturated rings. The third-order valence-corrected chi connectivity index (χ3v) is 5.99. The minimum atomic E-state index is -4.44. The molecule has 0 aromatic heterocycles. The quantitative estimate of drug-likeness (QED) is 0.463. The van der Waals surface area contributed by atoms with E-state index in [4.69, 9.17) is 9.47 Å².